The lowest BCUT2D eigenvalue weighted by atomic mass is 10.1. The number of benzene rings is 1. The minimum Gasteiger partial charge on any atom is -0.478 e. The Balaban J connectivity index is 2.62. The molecule has 1 aromatic rings. The fourth-order valence-corrected chi connectivity index (χ4v) is 3.91. The summed E-state index contributed by atoms with van der Waals surface area (Å²) in [5.41, 5.74) is -1.16. The van der Waals surface area contributed by atoms with Gasteiger partial charge in [-0.2, -0.15) is 13.2 Å². The predicted molar refractivity (Wildman–Crippen MR) is 59.9 cm³/mol. The number of aromatic carboxylic acids is 1. The number of fused-ring (bicyclic) bond motifs is 1. The predicted octanol–water partition coefficient (Wildman–Crippen LogP) is 3.60. The molecule has 0 amide bonds. The van der Waals surface area contributed by atoms with Crippen LogP contribution in [0, 0.1) is 0 Å². The molecule has 0 aliphatic carbocycles. The Morgan fingerprint density at radius 1 is 1.24 bits per heavy atom. The average molecular weight is 280 g/mol. The summed E-state index contributed by atoms with van der Waals surface area (Å²) in [6.45, 7) is 0. The van der Waals surface area contributed by atoms with Gasteiger partial charge >= 0.3 is 12.1 Å². The van der Waals surface area contributed by atoms with Crippen molar-refractivity contribution in [2.24, 2.45) is 0 Å². The van der Waals surface area contributed by atoms with Gasteiger partial charge in [0, 0.05) is 21.3 Å². The molecule has 0 aromatic heterocycles. The highest BCUT2D eigenvalue weighted by molar-refractivity contribution is 8.05. The van der Waals surface area contributed by atoms with Gasteiger partial charge in [-0.25, -0.2) is 4.79 Å². The minimum absolute atomic E-state index is 0.152. The molecule has 1 aliphatic heterocycles. The largest absolute Gasteiger partial charge is 0.478 e. The zero-order valence-corrected chi connectivity index (χ0v) is 10.0. The van der Waals surface area contributed by atoms with Crippen LogP contribution < -0.4 is 0 Å². The molecule has 0 unspecified atom stereocenters. The van der Waals surface area contributed by atoms with Crippen LogP contribution in [0.1, 0.15) is 15.9 Å². The van der Waals surface area contributed by atoms with Gasteiger partial charge in [0.1, 0.15) is 0 Å². The second-order valence-corrected chi connectivity index (χ2v) is 5.59. The molecule has 1 aliphatic rings. The van der Waals surface area contributed by atoms with Crippen molar-refractivity contribution in [2.45, 2.75) is 16.0 Å². The number of thioether (sulfide) groups is 2. The van der Waals surface area contributed by atoms with E-state index in [4.69, 9.17) is 5.11 Å². The molecule has 0 saturated carbocycles. The maximum Gasteiger partial charge on any atom is 0.417 e. The van der Waals surface area contributed by atoms with Crippen LogP contribution in [0.15, 0.2) is 21.9 Å². The van der Waals surface area contributed by atoms with E-state index in [0.29, 0.717) is 22.5 Å². The zero-order valence-electron chi connectivity index (χ0n) is 8.37. The molecular formula is C10H7F3O2S2. The van der Waals surface area contributed by atoms with E-state index in [1.807, 2.05) is 0 Å². The van der Waals surface area contributed by atoms with Crippen LogP contribution in [-0.2, 0) is 6.18 Å². The van der Waals surface area contributed by atoms with E-state index in [-0.39, 0.29) is 10.5 Å². The number of halogens is 3. The molecule has 7 heteroatoms. The van der Waals surface area contributed by atoms with Crippen molar-refractivity contribution in [3.63, 3.8) is 0 Å². The van der Waals surface area contributed by atoms with Gasteiger partial charge in [-0.3, -0.25) is 0 Å². The Morgan fingerprint density at radius 3 is 2.47 bits per heavy atom. The van der Waals surface area contributed by atoms with Crippen molar-refractivity contribution in [3.05, 3.63) is 23.3 Å². The number of carboxylic acids is 1. The second kappa shape index (κ2) is 4.45. The van der Waals surface area contributed by atoms with Crippen molar-refractivity contribution < 1.29 is 23.1 Å². The van der Waals surface area contributed by atoms with E-state index in [0.717, 1.165) is 11.8 Å². The average Bonchev–Trinajstić information content (AvgIpc) is 2.26. The highest BCUT2D eigenvalue weighted by atomic mass is 32.2. The number of rotatable bonds is 1. The van der Waals surface area contributed by atoms with Crippen molar-refractivity contribution in [2.75, 3.05) is 11.5 Å². The normalized spacial score (nSPS) is 15.5. The van der Waals surface area contributed by atoms with Gasteiger partial charge in [-0.05, 0) is 12.1 Å². The van der Waals surface area contributed by atoms with Gasteiger partial charge < -0.3 is 5.11 Å². The quantitative estimate of drug-likeness (QED) is 0.853. The Hall–Kier alpha value is -0.820. The van der Waals surface area contributed by atoms with Crippen molar-refractivity contribution in [1.82, 2.24) is 0 Å². The topological polar surface area (TPSA) is 37.3 Å². The summed E-state index contributed by atoms with van der Waals surface area (Å²) in [6, 6.07) is 2.02. The molecule has 0 bridgehead atoms. The Morgan fingerprint density at radius 2 is 1.88 bits per heavy atom. The van der Waals surface area contributed by atoms with Crippen LogP contribution in [0.4, 0.5) is 13.2 Å². The van der Waals surface area contributed by atoms with Crippen LogP contribution in [0.2, 0.25) is 0 Å². The molecule has 0 saturated heterocycles. The van der Waals surface area contributed by atoms with Gasteiger partial charge in [0.25, 0.3) is 0 Å². The first-order chi connectivity index (χ1) is 7.89. The molecule has 0 atom stereocenters. The molecular weight excluding hydrogens is 273 g/mol. The molecule has 17 heavy (non-hydrogen) atoms. The van der Waals surface area contributed by atoms with Gasteiger partial charge in [0.05, 0.1) is 11.1 Å². The van der Waals surface area contributed by atoms with E-state index in [2.05, 4.69) is 0 Å². The van der Waals surface area contributed by atoms with Crippen LogP contribution >= 0.6 is 23.5 Å². The van der Waals surface area contributed by atoms with Crippen molar-refractivity contribution in [3.8, 4) is 0 Å². The molecule has 2 nitrogen and oxygen atoms in total. The zero-order chi connectivity index (χ0) is 12.6. The molecule has 0 fully saturated rings. The smallest absolute Gasteiger partial charge is 0.417 e. The molecule has 92 valence electrons. The van der Waals surface area contributed by atoms with Crippen molar-refractivity contribution in [1.29, 1.82) is 0 Å². The molecule has 1 heterocycles. The fourth-order valence-electron chi connectivity index (χ4n) is 1.49. The lowest BCUT2D eigenvalue weighted by Crippen LogP contribution is -2.12. The number of hydrogen-bond donors (Lipinski definition) is 1. The number of alkyl halides is 3. The first kappa shape index (κ1) is 12.6. The monoisotopic (exact) mass is 280 g/mol. The highest BCUT2D eigenvalue weighted by Gasteiger charge is 2.36. The summed E-state index contributed by atoms with van der Waals surface area (Å²) in [7, 11) is 0. The summed E-state index contributed by atoms with van der Waals surface area (Å²) in [4.78, 5) is 11.3. The Labute approximate surface area is 104 Å². The van der Waals surface area contributed by atoms with Gasteiger partial charge in [0.15, 0.2) is 0 Å². The minimum atomic E-state index is -4.51. The standard InChI is InChI=1S/C10H7F3O2S2/c11-10(12,13)6-3-5(9(14)15)4-7-8(6)17-2-1-16-7/h3-4H,1-2H2,(H,14,15). The van der Waals surface area contributed by atoms with Crippen LogP contribution in [0.5, 0.6) is 0 Å². The van der Waals surface area contributed by atoms with E-state index >= 15 is 0 Å². The number of carbonyl (C=O) groups is 1. The second-order valence-electron chi connectivity index (χ2n) is 3.35. The molecule has 1 N–H and O–H groups in total. The number of hydrogen-bond acceptors (Lipinski definition) is 3. The van der Waals surface area contributed by atoms with Gasteiger partial charge in [0.2, 0.25) is 0 Å². The third kappa shape index (κ3) is 2.55. The molecule has 1 aromatic carbocycles. The summed E-state index contributed by atoms with van der Waals surface area (Å²) < 4.78 is 38.4. The molecule has 0 spiro atoms. The maximum absolute atomic E-state index is 12.8. The van der Waals surface area contributed by atoms with Crippen LogP contribution in [0.25, 0.3) is 0 Å². The first-order valence-electron chi connectivity index (χ1n) is 4.63. The Kier molecular flexibility index (Phi) is 3.31. The van der Waals surface area contributed by atoms with E-state index in [1.165, 1.54) is 17.8 Å². The van der Waals surface area contributed by atoms with Gasteiger partial charge in [-0.15, -0.1) is 23.5 Å². The van der Waals surface area contributed by atoms with Crippen LogP contribution in [-0.4, -0.2) is 22.6 Å². The first-order valence-corrected chi connectivity index (χ1v) is 6.61. The van der Waals surface area contributed by atoms with E-state index in [9.17, 15) is 18.0 Å². The molecule has 2 rings (SSSR count). The summed E-state index contributed by atoms with van der Waals surface area (Å²) in [5.74, 6) is -0.0416. The van der Waals surface area contributed by atoms with E-state index < -0.39 is 17.7 Å². The van der Waals surface area contributed by atoms with Crippen molar-refractivity contribution >= 4 is 29.5 Å². The number of carboxylic acid groups (broad SMARTS) is 1. The maximum atomic E-state index is 12.8. The third-order valence-corrected chi connectivity index (χ3v) is 4.76. The SMILES string of the molecule is O=C(O)c1cc2c(c(C(F)(F)F)c1)SCCS2. The lowest BCUT2D eigenvalue weighted by molar-refractivity contribution is -0.140. The molecule has 0 radical (unpaired) electrons. The van der Waals surface area contributed by atoms with Gasteiger partial charge in [-0.1, -0.05) is 0 Å². The summed E-state index contributed by atoms with van der Waals surface area (Å²) >= 11 is 2.40. The Bertz CT molecular complexity index is 471. The van der Waals surface area contributed by atoms with Crippen LogP contribution in [0.3, 0.4) is 0 Å². The third-order valence-electron chi connectivity index (χ3n) is 2.19. The van der Waals surface area contributed by atoms with E-state index in [1.54, 1.807) is 0 Å². The summed E-state index contributed by atoms with van der Waals surface area (Å²) in [5, 5.41) is 8.79. The summed E-state index contributed by atoms with van der Waals surface area (Å²) in [6.07, 6.45) is -4.51. The highest BCUT2D eigenvalue weighted by Crippen LogP contribution is 2.45. The fraction of sp³-hybridized carbons (Fsp3) is 0.300. The lowest BCUT2D eigenvalue weighted by Gasteiger charge is -2.20.